The normalized spacial score (nSPS) is 20.5. The number of aromatic nitrogens is 1. The molecular weight excluding hydrogens is 464 g/mol. The number of carboxylic acid groups (broad SMARTS) is 2. The highest BCUT2D eigenvalue weighted by Gasteiger charge is 2.38. The van der Waals surface area contributed by atoms with Crippen LogP contribution in [0.2, 0.25) is 0 Å². The van der Waals surface area contributed by atoms with Crippen molar-refractivity contribution >= 4 is 17.8 Å². The van der Waals surface area contributed by atoms with Gasteiger partial charge in [0.1, 0.15) is 12.4 Å². The van der Waals surface area contributed by atoms with Gasteiger partial charge in [-0.2, -0.15) is 31.3 Å². The molecule has 1 saturated heterocycles. The zero-order valence-corrected chi connectivity index (χ0v) is 17.8. The van der Waals surface area contributed by atoms with Gasteiger partial charge in [0.25, 0.3) is 0 Å². The number of pyridine rings is 1. The van der Waals surface area contributed by atoms with E-state index in [4.69, 9.17) is 29.5 Å². The molecule has 3 heterocycles. The topological polar surface area (TPSA) is 112 Å². The molecule has 33 heavy (non-hydrogen) atoms. The summed E-state index contributed by atoms with van der Waals surface area (Å²) in [7, 11) is 0. The second kappa shape index (κ2) is 11.9. The molecule has 0 saturated carbocycles. The molecule has 1 aromatic heterocycles. The molecule has 0 radical (unpaired) electrons. The van der Waals surface area contributed by atoms with Crippen molar-refractivity contribution in [2.45, 2.75) is 39.2 Å². The molecule has 3 rings (SSSR count). The molecule has 0 aromatic carbocycles. The van der Waals surface area contributed by atoms with Crippen LogP contribution in [0.1, 0.15) is 25.8 Å². The first-order valence-corrected chi connectivity index (χ1v) is 9.79. The summed E-state index contributed by atoms with van der Waals surface area (Å²) >= 11 is 0. The van der Waals surface area contributed by atoms with Gasteiger partial charge >= 0.3 is 24.3 Å². The molecule has 188 valence electrons. The summed E-state index contributed by atoms with van der Waals surface area (Å²) < 4.78 is 69.2. The highest BCUT2D eigenvalue weighted by molar-refractivity contribution is 5.73. The highest BCUT2D eigenvalue weighted by atomic mass is 19.4. The van der Waals surface area contributed by atoms with Gasteiger partial charge < -0.3 is 25.2 Å². The first kappa shape index (κ1) is 28.3. The van der Waals surface area contributed by atoms with E-state index in [-0.39, 0.29) is 0 Å². The lowest BCUT2D eigenvalue weighted by Gasteiger charge is -2.36. The summed E-state index contributed by atoms with van der Waals surface area (Å²) in [6.07, 6.45) is -8.85. The fourth-order valence-electron chi connectivity index (χ4n) is 3.19. The van der Waals surface area contributed by atoms with Crippen molar-refractivity contribution in [2.24, 2.45) is 11.8 Å². The molecule has 2 aliphatic rings. The maximum absolute atomic E-state index is 10.6. The smallest absolute Gasteiger partial charge is 0.476 e. The van der Waals surface area contributed by atoms with Crippen molar-refractivity contribution in [1.29, 1.82) is 0 Å². The van der Waals surface area contributed by atoms with Crippen molar-refractivity contribution in [2.75, 3.05) is 31.1 Å². The van der Waals surface area contributed by atoms with Crippen molar-refractivity contribution in [3.63, 3.8) is 0 Å². The molecule has 3 N–H and O–H groups in total. The standard InChI is InChI=1S/C15H23N3O.2C2HF3O2/c1-11-7-12(2)10-18(9-11)14-4-3-13-8-16-5-6-19-15(13)17-14;2*3-2(4,5)1(6)7/h3-4,11-12,16H,5-10H2,1-2H3;2*(H,6,7). The number of nitrogens with zero attached hydrogens (tertiary/aromatic N) is 2. The largest absolute Gasteiger partial charge is 0.490 e. The number of piperidine rings is 1. The second-order valence-corrected chi connectivity index (χ2v) is 7.62. The lowest BCUT2D eigenvalue weighted by atomic mass is 9.92. The van der Waals surface area contributed by atoms with Crippen molar-refractivity contribution in [3.05, 3.63) is 17.7 Å². The average Bonchev–Trinajstić information content (AvgIpc) is 2.91. The van der Waals surface area contributed by atoms with Crippen LogP contribution < -0.4 is 15.0 Å². The SMILES string of the molecule is CC1CC(C)CN(c2ccc3c(n2)OCCNC3)C1.O=C(O)C(F)(F)F.O=C(O)C(F)(F)F. The Morgan fingerprint density at radius 2 is 1.52 bits per heavy atom. The predicted octanol–water partition coefficient (Wildman–Crippen LogP) is 3.31. The number of ether oxygens (including phenoxy) is 1. The van der Waals surface area contributed by atoms with Crippen molar-refractivity contribution in [3.8, 4) is 5.88 Å². The lowest BCUT2D eigenvalue weighted by molar-refractivity contribution is -0.193. The molecule has 0 aliphatic carbocycles. The van der Waals surface area contributed by atoms with Crippen LogP contribution in [0.15, 0.2) is 12.1 Å². The Kier molecular flexibility index (Phi) is 10.2. The average molecular weight is 489 g/mol. The van der Waals surface area contributed by atoms with E-state index in [0.717, 1.165) is 49.7 Å². The summed E-state index contributed by atoms with van der Waals surface area (Å²) in [5.41, 5.74) is 1.17. The molecule has 0 spiro atoms. The molecule has 2 aliphatic heterocycles. The first-order valence-electron chi connectivity index (χ1n) is 9.79. The number of anilines is 1. The number of carbonyl (C=O) groups is 2. The van der Waals surface area contributed by atoms with Gasteiger partial charge in [-0.15, -0.1) is 0 Å². The Balaban J connectivity index is 0.000000324. The predicted molar refractivity (Wildman–Crippen MR) is 104 cm³/mol. The quantitative estimate of drug-likeness (QED) is 0.516. The van der Waals surface area contributed by atoms with E-state index in [1.807, 2.05) is 0 Å². The van der Waals surface area contributed by atoms with Crippen LogP contribution in [0.5, 0.6) is 5.88 Å². The Hall–Kier alpha value is -2.77. The Bertz CT molecular complexity index is 769. The summed E-state index contributed by atoms with van der Waals surface area (Å²) in [6.45, 7) is 9.32. The third-order valence-electron chi connectivity index (χ3n) is 4.44. The van der Waals surface area contributed by atoms with Gasteiger partial charge in [0, 0.05) is 31.7 Å². The van der Waals surface area contributed by atoms with Crippen LogP contribution in [0.4, 0.5) is 32.2 Å². The van der Waals surface area contributed by atoms with Gasteiger partial charge in [-0.3, -0.25) is 0 Å². The molecule has 2 atom stereocenters. The lowest BCUT2D eigenvalue weighted by Crippen LogP contribution is -2.39. The molecule has 14 heteroatoms. The molecule has 1 fully saturated rings. The van der Waals surface area contributed by atoms with E-state index in [9.17, 15) is 26.3 Å². The number of halogens is 6. The summed E-state index contributed by atoms with van der Waals surface area (Å²) in [6, 6.07) is 4.29. The number of hydrogen-bond donors (Lipinski definition) is 3. The van der Waals surface area contributed by atoms with E-state index in [2.05, 4.69) is 36.2 Å². The van der Waals surface area contributed by atoms with E-state index in [0.29, 0.717) is 6.61 Å². The van der Waals surface area contributed by atoms with Gasteiger partial charge in [0.15, 0.2) is 0 Å². The van der Waals surface area contributed by atoms with Gasteiger partial charge in [0.2, 0.25) is 5.88 Å². The minimum atomic E-state index is -5.08. The number of alkyl halides is 6. The van der Waals surface area contributed by atoms with Crippen LogP contribution in [-0.4, -0.2) is 65.7 Å². The van der Waals surface area contributed by atoms with E-state index >= 15 is 0 Å². The molecule has 1 aromatic rings. The van der Waals surface area contributed by atoms with Gasteiger partial charge in [0.05, 0.1) is 0 Å². The number of carboxylic acids is 2. The van der Waals surface area contributed by atoms with E-state index < -0.39 is 24.3 Å². The second-order valence-electron chi connectivity index (χ2n) is 7.62. The fourth-order valence-corrected chi connectivity index (χ4v) is 3.19. The Morgan fingerprint density at radius 3 is 1.97 bits per heavy atom. The number of rotatable bonds is 1. The summed E-state index contributed by atoms with van der Waals surface area (Å²) in [5.74, 6) is -2.15. The maximum atomic E-state index is 10.6. The Morgan fingerprint density at radius 1 is 1.03 bits per heavy atom. The molecule has 0 amide bonds. The third kappa shape index (κ3) is 10.1. The zero-order chi connectivity index (χ0) is 25.4. The monoisotopic (exact) mass is 489 g/mol. The van der Waals surface area contributed by atoms with E-state index in [1.165, 1.54) is 12.0 Å². The van der Waals surface area contributed by atoms with Crippen molar-refractivity contribution in [1.82, 2.24) is 10.3 Å². The number of aliphatic carboxylic acids is 2. The van der Waals surface area contributed by atoms with Crippen molar-refractivity contribution < 1.29 is 50.9 Å². The van der Waals surface area contributed by atoms with Crippen LogP contribution in [0, 0.1) is 11.8 Å². The highest BCUT2D eigenvalue weighted by Crippen LogP contribution is 2.28. The summed E-state index contributed by atoms with van der Waals surface area (Å²) in [4.78, 5) is 24.9. The van der Waals surface area contributed by atoms with E-state index in [1.54, 1.807) is 0 Å². The number of hydrogen-bond acceptors (Lipinski definition) is 6. The maximum Gasteiger partial charge on any atom is 0.490 e. The van der Waals surface area contributed by atoms with Crippen LogP contribution in [-0.2, 0) is 16.1 Å². The summed E-state index contributed by atoms with van der Waals surface area (Å²) in [5, 5.41) is 17.6. The number of fused-ring (bicyclic) bond motifs is 1. The minimum Gasteiger partial charge on any atom is -0.476 e. The first-order chi connectivity index (χ1) is 15.1. The molecule has 0 bridgehead atoms. The fraction of sp³-hybridized carbons (Fsp3) is 0.632. The van der Waals surface area contributed by atoms with Gasteiger partial charge in [-0.05, 0) is 30.4 Å². The molecule has 2 unspecified atom stereocenters. The van der Waals surface area contributed by atoms with Gasteiger partial charge in [-0.25, -0.2) is 9.59 Å². The van der Waals surface area contributed by atoms with Crippen LogP contribution in [0.3, 0.4) is 0 Å². The minimum absolute atomic E-state index is 0.705. The van der Waals surface area contributed by atoms with Gasteiger partial charge in [-0.1, -0.05) is 13.8 Å². The molecular formula is C19H25F6N3O5. The zero-order valence-electron chi connectivity index (χ0n) is 17.8. The van der Waals surface area contributed by atoms with Crippen LogP contribution >= 0.6 is 0 Å². The molecule has 8 nitrogen and oxygen atoms in total. The third-order valence-corrected chi connectivity index (χ3v) is 4.44. The Labute approximate surface area is 185 Å². The number of nitrogens with one attached hydrogen (secondary N) is 1. The van der Waals surface area contributed by atoms with Crippen LogP contribution in [0.25, 0.3) is 0 Å².